The Bertz CT molecular complexity index is 865. The Balaban J connectivity index is 1.78. The van der Waals surface area contributed by atoms with Crippen LogP contribution in [0.3, 0.4) is 0 Å². The van der Waals surface area contributed by atoms with Crippen LogP contribution in [0.15, 0.2) is 42.5 Å². The second-order valence-corrected chi connectivity index (χ2v) is 6.31. The summed E-state index contributed by atoms with van der Waals surface area (Å²) < 4.78 is 23.5. The van der Waals surface area contributed by atoms with Gasteiger partial charge < -0.3 is 9.47 Å². The largest absolute Gasteiger partial charge is 0.493 e. The van der Waals surface area contributed by atoms with E-state index in [1.165, 1.54) is 32.4 Å². The molecule has 1 aliphatic heterocycles. The quantitative estimate of drug-likeness (QED) is 0.566. The van der Waals surface area contributed by atoms with Gasteiger partial charge in [-0.2, -0.15) is 0 Å². The zero-order valence-electron chi connectivity index (χ0n) is 15.3. The van der Waals surface area contributed by atoms with E-state index >= 15 is 0 Å². The molecular formula is C20H21FN2O4. The average Bonchev–Trinajstić information content (AvgIpc) is 2.68. The van der Waals surface area contributed by atoms with Crippen LogP contribution in [0.2, 0.25) is 0 Å². The van der Waals surface area contributed by atoms with E-state index in [0.717, 1.165) is 24.1 Å². The van der Waals surface area contributed by atoms with Crippen molar-refractivity contribution in [2.24, 2.45) is 0 Å². The van der Waals surface area contributed by atoms with Gasteiger partial charge in [-0.1, -0.05) is 18.2 Å². The molecule has 0 radical (unpaired) electrons. The average molecular weight is 372 g/mol. The Morgan fingerprint density at radius 1 is 1.15 bits per heavy atom. The zero-order chi connectivity index (χ0) is 19.4. The van der Waals surface area contributed by atoms with Crippen molar-refractivity contribution in [3.63, 3.8) is 0 Å². The van der Waals surface area contributed by atoms with Crippen LogP contribution in [-0.4, -0.2) is 37.1 Å². The number of nitro benzene ring substituents is 1. The Hall–Kier alpha value is -2.93. The summed E-state index contributed by atoms with van der Waals surface area (Å²) in [7, 11) is 2.96. The van der Waals surface area contributed by atoms with Gasteiger partial charge in [0.2, 0.25) is 0 Å². The molecular weight excluding hydrogens is 351 g/mol. The first-order chi connectivity index (χ1) is 13.0. The van der Waals surface area contributed by atoms with Crippen molar-refractivity contribution in [2.45, 2.75) is 13.0 Å². The molecule has 7 heteroatoms. The number of hydrogen-bond acceptors (Lipinski definition) is 5. The van der Waals surface area contributed by atoms with Crippen LogP contribution < -0.4 is 9.47 Å². The highest BCUT2D eigenvalue weighted by molar-refractivity contribution is 5.66. The molecule has 1 aliphatic rings. The molecule has 0 atom stereocenters. The highest BCUT2D eigenvalue weighted by atomic mass is 19.1. The molecule has 2 aromatic rings. The summed E-state index contributed by atoms with van der Waals surface area (Å²) in [5.74, 6) is 0.556. The van der Waals surface area contributed by atoms with Crippen molar-refractivity contribution in [3.8, 4) is 11.5 Å². The van der Waals surface area contributed by atoms with Crippen molar-refractivity contribution in [1.82, 2.24) is 4.90 Å². The third kappa shape index (κ3) is 4.25. The maximum atomic E-state index is 13.1. The lowest BCUT2D eigenvalue weighted by atomic mass is 9.99. The zero-order valence-corrected chi connectivity index (χ0v) is 15.3. The van der Waals surface area contributed by atoms with E-state index < -0.39 is 4.92 Å². The minimum absolute atomic E-state index is 0.0148. The van der Waals surface area contributed by atoms with Gasteiger partial charge in [0.05, 0.1) is 25.2 Å². The van der Waals surface area contributed by atoms with Crippen LogP contribution in [-0.2, 0) is 6.54 Å². The molecule has 0 spiro atoms. The number of hydrogen-bond donors (Lipinski definition) is 0. The molecule has 0 fully saturated rings. The van der Waals surface area contributed by atoms with Crippen LogP contribution in [0.4, 0.5) is 10.1 Å². The summed E-state index contributed by atoms with van der Waals surface area (Å²) in [5.41, 5.74) is 2.76. The van der Waals surface area contributed by atoms with Gasteiger partial charge in [0.1, 0.15) is 5.82 Å². The lowest BCUT2D eigenvalue weighted by molar-refractivity contribution is -0.385. The summed E-state index contributed by atoms with van der Waals surface area (Å²) in [6.07, 6.45) is 2.88. The van der Waals surface area contributed by atoms with Crippen molar-refractivity contribution >= 4 is 11.3 Å². The molecule has 0 saturated carbocycles. The van der Waals surface area contributed by atoms with Gasteiger partial charge in [-0.15, -0.1) is 0 Å². The standard InChI is InChI=1S/C20H21FN2O4/c1-26-19-11-16(18(23(24)25)12-20(19)27-2)13-22-9-7-15(8-10-22)14-3-5-17(21)6-4-14/h3-7,11-12H,8-10,13H2,1-2H3. The van der Waals surface area contributed by atoms with Crippen molar-refractivity contribution in [2.75, 3.05) is 27.3 Å². The number of ether oxygens (including phenoxy) is 2. The van der Waals surface area contributed by atoms with E-state index in [0.29, 0.717) is 30.2 Å². The van der Waals surface area contributed by atoms with Gasteiger partial charge in [-0.05, 0) is 35.8 Å². The maximum Gasteiger partial charge on any atom is 0.277 e. The summed E-state index contributed by atoms with van der Waals surface area (Å²) >= 11 is 0. The third-order valence-electron chi connectivity index (χ3n) is 4.68. The highest BCUT2D eigenvalue weighted by Crippen LogP contribution is 2.35. The molecule has 0 aliphatic carbocycles. The molecule has 0 bridgehead atoms. The first-order valence-electron chi connectivity index (χ1n) is 8.58. The highest BCUT2D eigenvalue weighted by Gasteiger charge is 2.22. The fraction of sp³-hybridized carbons (Fsp3) is 0.300. The number of nitrogens with zero attached hydrogens (tertiary/aromatic N) is 2. The minimum Gasteiger partial charge on any atom is -0.493 e. The fourth-order valence-corrected chi connectivity index (χ4v) is 3.23. The van der Waals surface area contributed by atoms with E-state index in [4.69, 9.17) is 9.47 Å². The first kappa shape index (κ1) is 18.8. The molecule has 6 nitrogen and oxygen atoms in total. The van der Waals surface area contributed by atoms with Crippen LogP contribution in [0.25, 0.3) is 5.57 Å². The Morgan fingerprint density at radius 2 is 1.81 bits per heavy atom. The number of nitro groups is 1. The van der Waals surface area contributed by atoms with E-state index in [1.54, 1.807) is 18.2 Å². The monoisotopic (exact) mass is 372 g/mol. The summed E-state index contributed by atoms with van der Waals surface area (Å²) in [4.78, 5) is 13.2. The molecule has 142 valence electrons. The summed E-state index contributed by atoms with van der Waals surface area (Å²) in [6.45, 7) is 1.86. The van der Waals surface area contributed by atoms with E-state index in [2.05, 4.69) is 11.0 Å². The molecule has 1 heterocycles. The molecule has 2 aromatic carbocycles. The first-order valence-corrected chi connectivity index (χ1v) is 8.58. The van der Waals surface area contributed by atoms with Crippen LogP contribution in [0, 0.1) is 15.9 Å². The summed E-state index contributed by atoms with van der Waals surface area (Å²) in [5, 5.41) is 11.4. The second kappa shape index (κ2) is 8.18. The van der Waals surface area contributed by atoms with Gasteiger partial charge in [-0.3, -0.25) is 15.0 Å². The van der Waals surface area contributed by atoms with Crippen molar-refractivity contribution < 1.29 is 18.8 Å². The molecule has 0 saturated heterocycles. The van der Waals surface area contributed by atoms with Gasteiger partial charge in [-0.25, -0.2) is 4.39 Å². The number of halogens is 1. The Labute approximate surface area is 157 Å². The minimum atomic E-state index is -0.402. The van der Waals surface area contributed by atoms with Gasteiger partial charge >= 0.3 is 0 Å². The van der Waals surface area contributed by atoms with E-state index in [-0.39, 0.29) is 11.5 Å². The second-order valence-electron chi connectivity index (χ2n) is 6.31. The van der Waals surface area contributed by atoms with Gasteiger partial charge in [0.25, 0.3) is 5.69 Å². The van der Waals surface area contributed by atoms with Gasteiger partial charge in [0, 0.05) is 25.2 Å². The summed E-state index contributed by atoms with van der Waals surface area (Å²) in [6, 6.07) is 9.52. The van der Waals surface area contributed by atoms with Crippen molar-refractivity contribution in [3.05, 3.63) is 69.5 Å². The van der Waals surface area contributed by atoms with Crippen LogP contribution >= 0.6 is 0 Å². The number of methoxy groups -OCH3 is 2. The third-order valence-corrected chi connectivity index (χ3v) is 4.68. The van der Waals surface area contributed by atoms with Crippen LogP contribution in [0.1, 0.15) is 17.5 Å². The molecule has 0 unspecified atom stereocenters. The number of rotatable bonds is 6. The smallest absolute Gasteiger partial charge is 0.277 e. The molecule has 3 rings (SSSR count). The predicted octanol–water partition coefficient (Wildman–Crippen LogP) is 4.04. The van der Waals surface area contributed by atoms with E-state index in [9.17, 15) is 14.5 Å². The SMILES string of the molecule is COc1cc(CN2CC=C(c3ccc(F)cc3)CC2)c([N+](=O)[O-])cc1OC. The topological polar surface area (TPSA) is 64.8 Å². The van der Waals surface area contributed by atoms with E-state index in [1.807, 2.05) is 0 Å². The van der Waals surface area contributed by atoms with Crippen LogP contribution in [0.5, 0.6) is 11.5 Å². The molecule has 0 N–H and O–H groups in total. The fourth-order valence-electron chi connectivity index (χ4n) is 3.23. The molecule has 0 amide bonds. The van der Waals surface area contributed by atoms with Gasteiger partial charge in [0.15, 0.2) is 11.5 Å². The lowest BCUT2D eigenvalue weighted by Gasteiger charge is -2.26. The predicted molar refractivity (Wildman–Crippen MR) is 100 cm³/mol. The van der Waals surface area contributed by atoms with Crippen molar-refractivity contribution in [1.29, 1.82) is 0 Å². The molecule has 0 aromatic heterocycles. The molecule has 27 heavy (non-hydrogen) atoms. The Kier molecular flexibility index (Phi) is 5.71. The normalized spacial score (nSPS) is 14.6. The Morgan fingerprint density at radius 3 is 2.37 bits per heavy atom. The number of benzene rings is 2. The lowest BCUT2D eigenvalue weighted by Crippen LogP contribution is -2.28. The maximum absolute atomic E-state index is 13.1.